The molecule has 1 aromatic rings. The van der Waals surface area contributed by atoms with Crippen LogP contribution in [0.5, 0.6) is 0 Å². The molecule has 0 heterocycles. The van der Waals surface area contributed by atoms with Crippen LogP contribution in [0.15, 0.2) is 12.1 Å². The summed E-state index contributed by atoms with van der Waals surface area (Å²) in [5, 5.41) is 0. The zero-order valence-electron chi connectivity index (χ0n) is 15.9. The maximum absolute atomic E-state index is 14.6. The molecule has 27 heavy (non-hydrogen) atoms. The van der Waals surface area contributed by atoms with E-state index in [0.29, 0.717) is 31.2 Å². The van der Waals surface area contributed by atoms with Gasteiger partial charge in [-0.1, -0.05) is 0 Å². The number of halogens is 1. The Morgan fingerprint density at radius 2 is 2.04 bits per heavy atom. The Morgan fingerprint density at radius 3 is 2.67 bits per heavy atom. The van der Waals surface area contributed by atoms with Crippen LogP contribution in [0.25, 0.3) is 0 Å². The van der Waals surface area contributed by atoms with Crippen molar-refractivity contribution in [1.82, 2.24) is 4.90 Å². The van der Waals surface area contributed by atoms with Crippen molar-refractivity contribution in [3.05, 3.63) is 34.6 Å². The van der Waals surface area contributed by atoms with Crippen molar-refractivity contribution in [1.29, 1.82) is 0 Å². The van der Waals surface area contributed by atoms with Crippen LogP contribution in [-0.4, -0.2) is 36.7 Å². The van der Waals surface area contributed by atoms with E-state index in [1.807, 2.05) is 6.92 Å². The molecule has 0 N–H and O–H groups in total. The molecule has 0 aromatic heterocycles. The lowest BCUT2D eigenvalue weighted by molar-refractivity contribution is 0.0153. The Labute approximate surface area is 158 Å². The van der Waals surface area contributed by atoms with Crippen molar-refractivity contribution < 1.29 is 23.5 Å². The van der Waals surface area contributed by atoms with Crippen LogP contribution < -0.4 is 0 Å². The van der Waals surface area contributed by atoms with E-state index >= 15 is 0 Å². The summed E-state index contributed by atoms with van der Waals surface area (Å²) in [6.07, 6.45) is 5.21. The highest BCUT2D eigenvalue weighted by molar-refractivity contribution is 5.90. The molecule has 2 fully saturated rings. The first-order valence-electron chi connectivity index (χ1n) is 9.89. The number of rotatable bonds is 4. The topological polar surface area (TPSA) is 55.8 Å². The molecule has 2 bridgehead atoms. The van der Waals surface area contributed by atoms with Gasteiger partial charge in [0.1, 0.15) is 11.9 Å². The first kappa shape index (κ1) is 18.3. The maximum Gasteiger partial charge on any atom is 0.409 e. The van der Waals surface area contributed by atoms with E-state index < -0.39 is 17.9 Å². The fraction of sp³-hybridized carbons (Fsp3) is 0.619. The third kappa shape index (κ3) is 3.19. The summed E-state index contributed by atoms with van der Waals surface area (Å²) in [7, 11) is 1.35. The van der Waals surface area contributed by atoms with E-state index in [4.69, 9.17) is 9.47 Å². The number of benzene rings is 1. The van der Waals surface area contributed by atoms with E-state index in [-0.39, 0.29) is 17.7 Å². The lowest BCUT2D eigenvalue weighted by Crippen LogP contribution is -2.33. The minimum absolute atomic E-state index is 0.0238. The number of fused-ring (bicyclic) bond motifs is 3. The summed E-state index contributed by atoms with van der Waals surface area (Å²) < 4.78 is 25.1. The van der Waals surface area contributed by atoms with Gasteiger partial charge in [-0.25, -0.2) is 14.0 Å². The lowest BCUT2D eigenvalue weighted by Gasteiger charge is -2.27. The highest BCUT2D eigenvalue weighted by atomic mass is 19.1. The van der Waals surface area contributed by atoms with Crippen molar-refractivity contribution >= 4 is 12.1 Å². The number of amides is 1. The SMILES string of the molecule is CCN(C(=O)OC)C1CCc2cc(F)c(C(=O)OC3CC4CCC3C4)cc21. The Morgan fingerprint density at radius 1 is 1.22 bits per heavy atom. The third-order valence-corrected chi connectivity index (χ3v) is 6.55. The summed E-state index contributed by atoms with van der Waals surface area (Å²) in [5.41, 5.74) is 1.64. The van der Waals surface area contributed by atoms with Gasteiger partial charge in [-0.05, 0) is 80.5 Å². The minimum atomic E-state index is -0.584. The number of hydrogen-bond donors (Lipinski definition) is 0. The number of ether oxygens (including phenoxy) is 2. The minimum Gasteiger partial charge on any atom is -0.458 e. The molecule has 1 aromatic carbocycles. The Bertz CT molecular complexity index is 765. The van der Waals surface area contributed by atoms with Crippen molar-refractivity contribution in [3.8, 4) is 0 Å². The number of nitrogens with zero attached hydrogens (tertiary/aromatic N) is 1. The molecule has 0 spiro atoms. The molecule has 6 heteroatoms. The first-order valence-corrected chi connectivity index (χ1v) is 9.89. The highest BCUT2D eigenvalue weighted by Gasteiger charge is 2.42. The van der Waals surface area contributed by atoms with Crippen molar-refractivity contribution in [2.24, 2.45) is 11.8 Å². The molecule has 4 atom stereocenters. The predicted molar refractivity (Wildman–Crippen MR) is 96.9 cm³/mol. The second kappa shape index (κ2) is 7.13. The van der Waals surface area contributed by atoms with Crippen molar-refractivity contribution in [3.63, 3.8) is 0 Å². The second-order valence-corrected chi connectivity index (χ2v) is 7.96. The van der Waals surface area contributed by atoms with Gasteiger partial charge in [-0.2, -0.15) is 0 Å². The molecule has 0 aliphatic heterocycles. The fourth-order valence-corrected chi connectivity index (χ4v) is 5.21. The largest absolute Gasteiger partial charge is 0.458 e. The average Bonchev–Trinajstić information content (AvgIpc) is 3.37. The third-order valence-electron chi connectivity index (χ3n) is 6.55. The molecule has 0 saturated heterocycles. The zero-order chi connectivity index (χ0) is 19.1. The Balaban J connectivity index is 1.57. The summed E-state index contributed by atoms with van der Waals surface area (Å²) >= 11 is 0. The van der Waals surface area contributed by atoms with Crippen LogP contribution in [0.1, 0.15) is 66.6 Å². The van der Waals surface area contributed by atoms with E-state index in [1.165, 1.54) is 19.6 Å². The molecule has 5 nitrogen and oxygen atoms in total. The number of carbonyl (C=O) groups excluding carboxylic acids is 2. The quantitative estimate of drug-likeness (QED) is 0.739. The molecule has 146 valence electrons. The molecule has 4 rings (SSSR count). The molecular formula is C21H26FNO4. The van der Waals surface area contributed by atoms with Gasteiger partial charge in [-0.3, -0.25) is 0 Å². The number of carbonyl (C=O) groups is 2. The van der Waals surface area contributed by atoms with Crippen LogP contribution in [0.4, 0.5) is 9.18 Å². The van der Waals surface area contributed by atoms with Gasteiger partial charge in [-0.15, -0.1) is 0 Å². The smallest absolute Gasteiger partial charge is 0.409 e. The molecule has 2 saturated carbocycles. The fourth-order valence-electron chi connectivity index (χ4n) is 5.21. The van der Waals surface area contributed by atoms with E-state index in [9.17, 15) is 14.0 Å². The zero-order valence-corrected chi connectivity index (χ0v) is 15.9. The summed E-state index contributed by atoms with van der Waals surface area (Å²) in [5.74, 6) is -0.0393. The molecule has 1 amide bonds. The van der Waals surface area contributed by atoms with Crippen LogP contribution >= 0.6 is 0 Å². The van der Waals surface area contributed by atoms with Crippen LogP contribution in [0, 0.1) is 17.7 Å². The van der Waals surface area contributed by atoms with E-state index in [0.717, 1.165) is 30.4 Å². The molecular weight excluding hydrogens is 349 g/mol. The first-order chi connectivity index (χ1) is 13.0. The van der Waals surface area contributed by atoms with Crippen molar-refractivity contribution in [2.45, 2.75) is 57.6 Å². The van der Waals surface area contributed by atoms with Gasteiger partial charge in [0.15, 0.2) is 0 Å². The number of methoxy groups -OCH3 is 1. The molecule has 0 radical (unpaired) electrons. The Hall–Kier alpha value is -2.11. The number of esters is 1. The van der Waals surface area contributed by atoms with Crippen LogP contribution in [0.3, 0.4) is 0 Å². The summed E-state index contributed by atoms with van der Waals surface area (Å²) in [6, 6.07) is 2.81. The molecule has 3 aliphatic carbocycles. The number of hydrogen-bond acceptors (Lipinski definition) is 4. The number of aryl methyl sites for hydroxylation is 1. The van der Waals surface area contributed by atoms with Gasteiger partial charge in [0.2, 0.25) is 0 Å². The van der Waals surface area contributed by atoms with E-state index in [2.05, 4.69) is 0 Å². The average molecular weight is 375 g/mol. The van der Waals surface area contributed by atoms with Gasteiger partial charge < -0.3 is 14.4 Å². The van der Waals surface area contributed by atoms with Gasteiger partial charge in [0.05, 0.1) is 18.7 Å². The van der Waals surface area contributed by atoms with E-state index in [1.54, 1.807) is 11.0 Å². The highest BCUT2D eigenvalue weighted by Crippen LogP contribution is 2.46. The normalized spacial score (nSPS) is 28.1. The van der Waals surface area contributed by atoms with Crippen molar-refractivity contribution in [2.75, 3.05) is 13.7 Å². The Kier molecular flexibility index (Phi) is 4.82. The lowest BCUT2D eigenvalue weighted by atomic mass is 9.97. The summed E-state index contributed by atoms with van der Waals surface area (Å²) in [4.78, 5) is 26.4. The van der Waals surface area contributed by atoms with Gasteiger partial charge in [0.25, 0.3) is 0 Å². The standard InChI is InChI=1S/C21H26FNO4/c1-3-23(21(25)26-2)18-7-6-13-10-17(22)16(11-15(13)18)20(24)27-19-9-12-4-5-14(19)8-12/h10-12,14,18-19H,3-9H2,1-2H3. The predicted octanol–water partition coefficient (Wildman–Crippen LogP) is 4.25. The van der Waals surface area contributed by atoms with Gasteiger partial charge in [0, 0.05) is 6.54 Å². The summed E-state index contributed by atoms with van der Waals surface area (Å²) in [6.45, 7) is 2.36. The molecule has 4 unspecified atom stereocenters. The maximum atomic E-state index is 14.6. The monoisotopic (exact) mass is 375 g/mol. The van der Waals surface area contributed by atoms with Crippen LogP contribution in [0.2, 0.25) is 0 Å². The van der Waals surface area contributed by atoms with Gasteiger partial charge >= 0.3 is 12.1 Å². The van der Waals surface area contributed by atoms with Crippen LogP contribution in [-0.2, 0) is 15.9 Å². The second-order valence-electron chi connectivity index (χ2n) is 7.96. The molecule has 3 aliphatic rings.